The number of carbonyl (C=O) groups is 1. The normalized spacial score (nSPS) is 18.8. The number of carbonyl (C=O) groups excluding carboxylic acids is 1. The van der Waals surface area contributed by atoms with Gasteiger partial charge in [-0.1, -0.05) is 19.0 Å². The Hall–Kier alpha value is -1.57. The van der Waals surface area contributed by atoms with Gasteiger partial charge in [-0.2, -0.15) is 13.2 Å². The van der Waals surface area contributed by atoms with Crippen LogP contribution in [0, 0.1) is 5.92 Å². The van der Waals surface area contributed by atoms with E-state index in [-0.39, 0.29) is 43.5 Å². The minimum absolute atomic E-state index is 0.0988. The SMILES string of the molecule is CC(C)c1cc(C(=O)N2CCC(C(O)C(F)(F)F)CC2)no1. The van der Waals surface area contributed by atoms with E-state index in [0.717, 1.165) is 0 Å². The van der Waals surface area contributed by atoms with Gasteiger partial charge in [0, 0.05) is 25.1 Å². The number of hydrogen-bond donors (Lipinski definition) is 1. The number of hydrogen-bond acceptors (Lipinski definition) is 4. The van der Waals surface area contributed by atoms with Gasteiger partial charge in [0.2, 0.25) is 0 Å². The van der Waals surface area contributed by atoms with Crippen LogP contribution in [0.15, 0.2) is 10.6 Å². The summed E-state index contributed by atoms with van der Waals surface area (Å²) >= 11 is 0. The summed E-state index contributed by atoms with van der Waals surface area (Å²) in [4.78, 5) is 13.7. The van der Waals surface area contributed by atoms with Crippen molar-refractivity contribution < 1.29 is 27.6 Å². The van der Waals surface area contributed by atoms with Crippen molar-refractivity contribution in [2.75, 3.05) is 13.1 Å². The van der Waals surface area contributed by atoms with Gasteiger partial charge in [-0.25, -0.2) is 0 Å². The number of alkyl halides is 3. The zero-order valence-corrected chi connectivity index (χ0v) is 12.4. The lowest BCUT2D eigenvalue weighted by Gasteiger charge is -2.34. The molecule has 2 heterocycles. The Morgan fingerprint density at radius 1 is 1.41 bits per heavy atom. The maximum absolute atomic E-state index is 12.5. The standard InChI is InChI=1S/C14H19F3N2O3/c1-8(2)11-7-10(18-22-11)13(21)19-5-3-9(4-6-19)12(20)14(15,16)17/h7-9,12,20H,3-6H2,1-2H3. The van der Waals surface area contributed by atoms with Crippen LogP contribution in [0.2, 0.25) is 0 Å². The van der Waals surface area contributed by atoms with Gasteiger partial charge in [-0.05, 0) is 18.8 Å². The van der Waals surface area contributed by atoms with Crippen molar-refractivity contribution in [3.8, 4) is 0 Å². The van der Waals surface area contributed by atoms with Crippen LogP contribution < -0.4 is 0 Å². The molecule has 5 nitrogen and oxygen atoms in total. The van der Waals surface area contributed by atoms with Gasteiger partial charge in [-0.15, -0.1) is 0 Å². The topological polar surface area (TPSA) is 66.6 Å². The minimum Gasteiger partial charge on any atom is -0.383 e. The van der Waals surface area contributed by atoms with Crippen molar-refractivity contribution in [2.24, 2.45) is 5.92 Å². The molecule has 1 aliphatic rings. The third kappa shape index (κ3) is 3.60. The summed E-state index contributed by atoms with van der Waals surface area (Å²) in [7, 11) is 0. The largest absolute Gasteiger partial charge is 0.414 e. The number of likely N-dealkylation sites (tertiary alicyclic amines) is 1. The highest BCUT2D eigenvalue weighted by Crippen LogP contribution is 2.32. The van der Waals surface area contributed by atoms with Gasteiger partial charge in [0.05, 0.1) is 0 Å². The Kier molecular flexibility index (Phi) is 4.79. The molecule has 1 aromatic rings. The number of aliphatic hydroxyl groups is 1. The highest BCUT2D eigenvalue weighted by atomic mass is 19.4. The molecule has 124 valence electrons. The quantitative estimate of drug-likeness (QED) is 0.929. The lowest BCUT2D eigenvalue weighted by Crippen LogP contribution is -2.45. The van der Waals surface area contributed by atoms with Crippen LogP contribution in [0.4, 0.5) is 13.2 Å². The molecular formula is C14H19F3N2O3. The Labute approximate surface area is 126 Å². The molecule has 0 aromatic carbocycles. The number of nitrogens with zero attached hydrogens (tertiary/aromatic N) is 2. The van der Waals surface area contributed by atoms with E-state index in [9.17, 15) is 23.1 Å². The molecule has 0 bridgehead atoms. The lowest BCUT2D eigenvalue weighted by molar-refractivity contribution is -0.222. The maximum atomic E-state index is 12.5. The Morgan fingerprint density at radius 2 is 2.00 bits per heavy atom. The molecule has 0 spiro atoms. The van der Waals surface area contributed by atoms with Crippen LogP contribution in [-0.2, 0) is 0 Å². The van der Waals surface area contributed by atoms with Crippen molar-refractivity contribution in [3.63, 3.8) is 0 Å². The molecule has 0 radical (unpaired) electrons. The molecule has 1 atom stereocenters. The van der Waals surface area contributed by atoms with Crippen molar-refractivity contribution in [3.05, 3.63) is 17.5 Å². The van der Waals surface area contributed by atoms with Gasteiger partial charge in [0.1, 0.15) is 5.76 Å². The zero-order chi connectivity index (χ0) is 16.5. The number of halogens is 3. The highest BCUT2D eigenvalue weighted by Gasteiger charge is 2.44. The van der Waals surface area contributed by atoms with Gasteiger partial charge < -0.3 is 14.5 Å². The van der Waals surface area contributed by atoms with Crippen LogP contribution in [0.1, 0.15) is 48.9 Å². The molecular weight excluding hydrogens is 301 g/mol. The molecule has 1 N–H and O–H groups in total. The van der Waals surface area contributed by atoms with Crippen LogP contribution in [0.3, 0.4) is 0 Å². The van der Waals surface area contributed by atoms with E-state index >= 15 is 0 Å². The average Bonchev–Trinajstić information content (AvgIpc) is 2.95. The second-order valence-electron chi connectivity index (χ2n) is 5.89. The Morgan fingerprint density at radius 3 is 2.45 bits per heavy atom. The van der Waals surface area contributed by atoms with Crippen molar-refractivity contribution >= 4 is 5.91 Å². The Balaban J connectivity index is 1.95. The van der Waals surface area contributed by atoms with Crippen molar-refractivity contribution in [1.82, 2.24) is 10.1 Å². The third-order valence-corrected chi connectivity index (χ3v) is 3.93. The second kappa shape index (κ2) is 6.28. The summed E-state index contributed by atoms with van der Waals surface area (Å²) in [6.45, 7) is 4.14. The number of aromatic nitrogens is 1. The summed E-state index contributed by atoms with van der Waals surface area (Å²) in [6.07, 6.45) is -6.72. The molecule has 1 amide bonds. The summed E-state index contributed by atoms with van der Waals surface area (Å²) in [5, 5.41) is 13.0. The first-order valence-corrected chi connectivity index (χ1v) is 7.20. The van der Waals surface area contributed by atoms with Gasteiger partial charge >= 0.3 is 6.18 Å². The minimum atomic E-state index is -4.62. The number of rotatable bonds is 3. The van der Waals surface area contributed by atoms with E-state index in [4.69, 9.17) is 4.52 Å². The fourth-order valence-corrected chi connectivity index (χ4v) is 2.51. The molecule has 22 heavy (non-hydrogen) atoms. The lowest BCUT2D eigenvalue weighted by atomic mass is 9.91. The van der Waals surface area contributed by atoms with Crippen LogP contribution in [0.5, 0.6) is 0 Å². The van der Waals surface area contributed by atoms with Crippen LogP contribution >= 0.6 is 0 Å². The molecule has 1 aliphatic heterocycles. The summed E-state index contributed by atoms with van der Waals surface area (Å²) in [5.41, 5.74) is 0.165. The van der Waals surface area contributed by atoms with E-state index in [1.165, 1.54) is 4.90 Å². The Bertz CT molecular complexity index is 520. The number of piperidine rings is 1. The predicted molar refractivity (Wildman–Crippen MR) is 71.3 cm³/mol. The molecule has 1 saturated heterocycles. The van der Waals surface area contributed by atoms with Gasteiger partial charge in [0.15, 0.2) is 11.8 Å². The fourth-order valence-electron chi connectivity index (χ4n) is 2.51. The molecule has 0 aliphatic carbocycles. The molecule has 1 aromatic heterocycles. The van der Waals surface area contributed by atoms with Crippen molar-refractivity contribution in [2.45, 2.75) is 44.9 Å². The second-order valence-corrected chi connectivity index (χ2v) is 5.89. The number of aliphatic hydroxyl groups excluding tert-OH is 1. The third-order valence-electron chi connectivity index (χ3n) is 3.93. The highest BCUT2D eigenvalue weighted by molar-refractivity contribution is 5.92. The molecule has 1 fully saturated rings. The van der Waals surface area contributed by atoms with E-state index in [0.29, 0.717) is 5.76 Å². The zero-order valence-electron chi connectivity index (χ0n) is 12.4. The monoisotopic (exact) mass is 320 g/mol. The first-order valence-electron chi connectivity index (χ1n) is 7.20. The molecule has 8 heteroatoms. The number of amides is 1. The molecule has 0 saturated carbocycles. The van der Waals surface area contributed by atoms with E-state index < -0.39 is 18.2 Å². The average molecular weight is 320 g/mol. The van der Waals surface area contributed by atoms with E-state index in [1.54, 1.807) is 6.07 Å². The smallest absolute Gasteiger partial charge is 0.383 e. The molecule has 1 unspecified atom stereocenters. The molecule has 2 rings (SSSR count). The fraction of sp³-hybridized carbons (Fsp3) is 0.714. The maximum Gasteiger partial charge on any atom is 0.414 e. The van der Waals surface area contributed by atoms with E-state index in [1.807, 2.05) is 13.8 Å². The van der Waals surface area contributed by atoms with Crippen LogP contribution in [-0.4, -0.2) is 46.4 Å². The first kappa shape index (κ1) is 16.8. The van der Waals surface area contributed by atoms with Gasteiger partial charge in [0.25, 0.3) is 5.91 Å². The summed E-state index contributed by atoms with van der Waals surface area (Å²) in [6, 6.07) is 1.56. The summed E-state index contributed by atoms with van der Waals surface area (Å²) < 4.78 is 42.5. The summed E-state index contributed by atoms with van der Waals surface area (Å²) in [5.74, 6) is -0.532. The van der Waals surface area contributed by atoms with Gasteiger partial charge in [-0.3, -0.25) is 4.79 Å². The van der Waals surface area contributed by atoms with Crippen LogP contribution in [0.25, 0.3) is 0 Å². The van der Waals surface area contributed by atoms with Crippen molar-refractivity contribution in [1.29, 1.82) is 0 Å². The predicted octanol–water partition coefficient (Wildman–Crippen LogP) is 2.57. The van der Waals surface area contributed by atoms with E-state index in [2.05, 4.69) is 5.16 Å². The first-order chi connectivity index (χ1) is 10.2.